The summed E-state index contributed by atoms with van der Waals surface area (Å²) in [6.07, 6.45) is 4.41. The van der Waals surface area contributed by atoms with Crippen molar-refractivity contribution in [3.8, 4) is 0 Å². The number of hydrogen-bond donors (Lipinski definition) is 2. The first-order valence-corrected chi connectivity index (χ1v) is 16.2. The van der Waals surface area contributed by atoms with Crippen LogP contribution in [0.2, 0.25) is 0 Å². The highest BCUT2D eigenvalue weighted by Gasteiger charge is 2.67. The zero-order valence-corrected chi connectivity index (χ0v) is 25.2. The number of fused-ring (bicyclic) bond motifs is 1. The van der Waals surface area contributed by atoms with Crippen molar-refractivity contribution >= 4 is 0 Å². The molecule has 0 radical (unpaired) electrons. The molecule has 3 saturated heterocycles. The van der Waals surface area contributed by atoms with Crippen LogP contribution in [0.1, 0.15) is 82.8 Å². The number of benzene rings is 1. The molecule has 8 heteroatoms. The molecule has 1 aromatic rings. The second kappa shape index (κ2) is 9.57. The molecule has 10 aliphatic rings. The first-order valence-electron chi connectivity index (χ1n) is 16.2. The average molecular weight is 583 g/mol. The molecule has 6 heterocycles. The topological polar surface area (TPSA) is 95.8 Å². The molecule has 1 aromatic carbocycles. The Balaban J connectivity index is 1.30. The van der Waals surface area contributed by atoms with Gasteiger partial charge in [-0.1, -0.05) is 36.8 Å². The van der Waals surface area contributed by atoms with Crippen LogP contribution in [0, 0.1) is 17.3 Å². The van der Waals surface area contributed by atoms with Gasteiger partial charge in [0.1, 0.15) is 6.10 Å². The van der Waals surface area contributed by atoms with Gasteiger partial charge in [-0.3, -0.25) is 0 Å². The van der Waals surface area contributed by atoms with Crippen LogP contribution in [0.15, 0.2) is 35.4 Å². The fourth-order valence-electron chi connectivity index (χ4n) is 10.4. The lowest BCUT2D eigenvalue weighted by Crippen LogP contribution is -2.64. The van der Waals surface area contributed by atoms with E-state index in [2.05, 4.69) is 31.2 Å². The third-order valence-electron chi connectivity index (χ3n) is 12.6. The molecule has 230 valence electrons. The molecule has 8 nitrogen and oxygen atoms in total. The fraction of sp³-hybridized carbons (Fsp3) is 0.765. The van der Waals surface area contributed by atoms with Gasteiger partial charge in [-0.2, -0.15) is 0 Å². The van der Waals surface area contributed by atoms with Gasteiger partial charge in [-0.05, 0) is 68.9 Å². The summed E-state index contributed by atoms with van der Waals surface area (Å²) < 4.78 is 37.5. The molecule has 0 aromatic heterocycles. The largest absolute Gasteiger partial charge is 0.387 e. The molecular formula is C34H46O8. The van der Waals surface area contributed by atoms with Gasteiger partial charge >= 0.3 is 0 Å². The third-order valence-corrected chi connectivity index (χ3v) is 12.6. The van der Waals surface area contributed by atoms with Crippen molar-refractivity contribution in [2.24, 2.45) is 17.3 Å². The highest BCUT2D eigenvalue weighted by molar-refractivity contribution is 5.45. The molecule has 3 saturated carbocycles. The molecule has 42 heavy (non-hydrogen) atoms. The molecule has 2 N–H and O–H groups in total. The van der Waals surface area contributed by atoms with Crippen molar-refractivity contribution in [2.75, 3.05) is 39.6 Å². The van der Waals surface area contributed by atoms with Gasteiger partial charge < -0.3 is 38.6 Å². The lowest BCUT2D eigenvalue weighted by molar-refractivity contribution is -0.350. The highest BCUT2D eigenvalue weighted by atomic mass is 16.7. The van der Waals surface area contributed by atoms with E-state index in [1.54, 1.807) is 0 Å². The molecule has 9 atom stereocenters. The molecule has 1 spiro atoms. The van der Waals surface area contributed by atoms with Gasteiger partial charge in [-0.25, -0.2) is 0 Å². The second-order valence-corrected chi connectivity index (χ2v) is 14.4. The summed E-state index contributed by atoms with van der Waals surface area (Å²) in [6, 6.07) is 8.69. The summed E-state index contributed by atoms with van der Waals surface area (Å²) in [7, 11) is 0. The van der Waals surface area contributed by atoms with E-state index in [1.807, 2.05) is 13.8 Å². The van der Waals surface area contributed by atoms with Crippen LogP contribution < -0.4 is 0 Å². The van der Waals surface area contributed by atoms with Crippen LogP contribution >= 0.6 is 0 Å². The van der Waals surface area contributed by atoms with Crippen molar-refractivity contribution < 1.29 is 38.6 Å². The zero-order valence-electron chi connectivity index (χ0n) is 25.2. The molecule has 8 bridgehead atoms. The predicted molar refractivity (Wildman–Crippen MR) is 153 cm³/mol. The Morgan fingerprint density at radius 2 is 1.50 bits per heavy atom. The van der Waals surface area contributed by atoms with Crippen LogP contribution in [0.5, 0.6) is 0 Å². The minimum absolute atomic E-state index is 0.0584. The smallest absolute Gasteiger partial charge is 0.198 e. The first-order chi connectivity index (χ1) is 20.1. The first kappa shape index (κ1) is 28.1. The summed E-state index contributed by atoms with van der Waals surface area (Å²) in [5.74, 6) is -1.06. The molecular weight excluding hydrogens is 536 g/mol. The highest BCUT2D eigenvalue weighted by Crippen LogP contribution is 2.69. The zero-order chi connectivity index (χ0) is 29.0. The third kappa shape index (κ3) is 3.82. The Bertz CT molecular complexity index is 1260. The van der Waals surface area contributed by atoms with Crippen LogP contribution in [-0.4, -0.2) is 79.1 Å². The van der Waals surface area contributed by atoms with E-state index in [1.165, 1.54) is 11.1 Å². The van der Waals surface area contributed by atoms with Gasteiger partial charge in [0, 0.05) is 29.7 Å². The summed E-state index contributed by atoms with van der Waals surface area (Å²) in [4.78, 5) is 0. The molecule has 0 amide bonds. The summed E-state index contributed by atoms with van der Waals surface area (Å²) in [6.45, 7) is 9.15. The number of aliphatic hydroxyl groups is 2. The maximum atomic E-state index is 12.5. The summed E-state index contributed by atoms with van der Waals surface area (Å²) >= 11 is 0. The van der Waals surface area contributed by atoms with Gasteiger partial charge in [0.05, 0.1) is 56.9 Å². The van der Waals surface area contributed by atoms with Crippen LogP contribution in [0.25, 0.3) is 0 Å². The van der Waals surface area contributed by atoms with Gasteiger partial charge in [0.25, 0.3) is 0 Å². The molecule has 4 aliphatic carbocycles. The SMILES string of the molecule is CC1OCCOC23C[C@@]4(O)CC[C@@H]5C(=C4CC2OCCO3)[C@@H](c2ccc(C3(C)OCCO3)cc2)C[C@@]2(C)[C@@H]5CC[C@@]12O. The quantitative estimate of drug-likeness (QED) is 0.498. The van der Waals surface area contributed by atoms with Crippen LogP contribution in [0.4, 0.5) is 0 Å². The second-order valence-electron chi connectivity index (χ2n) is 14.4. The number of rotatable bonds is 2. The van der Waals surface area contributed by atoms with Crippen molar-refractivity contribution in [3.63, 3.8) is 0 Å². The maximum Gasteiger partial charge on any atom is 0.198 e. The van der Waals surface area contributed by atoms with E-state index in [0.717, 1.165) is 36.8 Å². The Morgan fingerprint density at radius 1 is 0.810 bits per heavy atom. The van der Waals surface area contributed by atoms with Gasteiger partial charge in [-0.15, -0.1) is 0 Å². The van der Waals surface area contributed by atoms with Crippen molar-refractivity contribution in [1.29, 1.82) is 0 Å². The number of hydrogen-bond acceptors (Lipinski definition) is 8. The summed E-state index contributed by atoms with van der Waals surface area (Å²) in [5.41, 5.74) is 2.42. The normalized spacial score (nSPS) is 48.0. The van der Waals surface area contributed by atoms with Crippen molar-refractivity contribution in [2.45, 2.75) is 107 Å². The minimum Gasteiger partial charge on any atom is -0.387 e. The molecule has 3 unspecified atom stereocenters. The van der Waals surface area contributed by atoms with E-state index in [-0.39, 0.29) is 29.5 Å². The van der Waals surface area contributed by atoms with Crippen LogP contribution in [-0.2, 0) is 34.2 Å². The number of allylic oxidation sites excluding steroid dienone is 1. The van der Waals surface area contributed by atoms with Crippen molar-refractivity contribution in [1.82, 2.24) is 0 Å². The van der Waals surface area contributed by atoms with E-state index < -0.39 is 22.8 Å². The predicted octanol–water partition coefficient (Wildman–Crippen LogP) is 4.32. The van der Waals surface area contributed by atoms with Crippen LogP contribution in [0.3, 0.4) is 0 Å². The van der Waals surface area contributed by atoms with Crippen molar-refractivity contribution in [3.05, 3.63) is 46.5 Å². The minimum atomic E-state index is -1.01. The van der Waals surface area contributed by atoms with E-state index in [9.17, 15) is 10.2 Å². The average Bonchev–Trinajstić information content (AvgIpc) is 3.55. The van der Waals surface area contributed by atoms with E-state index >= 15 is 0 Å². The Labute approximate surface area is 248 Å². The van der Waals surface area contributed by atoms with E-state index in [0.29, 0.717) is 64.8 Å². The Hall–Kier alpha value is -1.36. The lowest BCUT2D eigenvalue weighted by atomic mass is 9.49. The molecule has 6 fully saturated rings. The monoisotopic (exact) mass is 582 g/mol. The van der Waals surface area contributed by atoms with Gasteiger partial charge in [0.2, 0.25) is 0 Å². The molecule has 11 rings (SSSR count). The lowest BCUT2D eigenvalue weighted by Gasteiger charge is -2.60. The van der Waals surface area contributed by atoms with Gasteiger partial charge in [0.15, 0.2) is 11.6 Å². The summed E-state index contributed by atoms with van der Waals surface area (Å²) in [5, 5.41) is 25.0. The number of ether oxygens (including phenoxy) is 6. The van der Waals surface area contributed by atoms with E-state index in [4.69, 9.17) is 28.4 Å². The Kier molecular flexibility index (Phi) is 6.41. The Morgan fingerprint density at radius 3 is 2.24 bits per heavy atom. The standard InChI is InChI=1S/C34H46O8/c1-21-33(36)11-9-26-24-8-10-32(35)20-34(41-14-12-37-21)28(38-13-15-42-34)18-27(32)29(24)25(19-30(26,33)2)22-4-6-23(7-5-22)31(3)39-16-17-40-31/h4-7,21,24-26,28,35-36H,8-20H2,1-3H3/t21?,24-,25+,26+,28?,30-,32-,33+,34?/m0/s1. The maximum absolute atomic E-state index is 12.5. The molecule has 6 aliphatic heterocycles. The fourth-order valence-corrected chi connectivity index (χ4v) is 10.4.